The van der Waals surface area contributed by atoms with Crippen molar-refractivity contribution in [2.24, 2.45) is 5.84 Å². The maximum absolute atomic E-state index is 5.52. The van der Waals surface area contributed by atoms with Gasteiger partial charge in [-0.1, -0.05) is 0 Å². The Morgan fingerprint density at radius 1 is 1.26 bits per heavy atom. The Morgan fingerprint density at radius 2 is 2.11 bits per heavy atom. The summed E-state index contributed by atoms with van der Waals surface area (Å²) in [5, 5.41) is 0.936. The Hall–Kier alpha value is -2.47. The van der Waals surface area contributed by atoms with E-state index < -0.39 is 0 Å². The number of hydrogen-bond donors (Lipinski definition) is 2. The first kappa shape index (κ1) is 11.6. The van der Waals surface area contributed by atoms with Crippen LogP contribution in [0.4, 0.5) is 5.82 Å². The summed E-state index contributed by atoms with van der Waals surface area (Å²) in [6.45, 7) is 4.08. The van der Waals surface area contributed by atoms with Gasteiger partial charge in [0.05, 0.1) is 17.3 Å². The van der Waals surface area contributed by atoms with Crippen molar-refractivity contribution in [2.45, 2.75) is 13.8 Å². The number of fused-ring (bicyclic) bond motifs is 1. The van der Waals surface area contributed by atoms with Gasteiger partial charge in [-0.25, -0.2) is 15.8 Å². The zero-order valence-electron chi connectivity index (χ0n) is 10.8. The lowest BCUT2D eigenvalue weighted by atomic mass is 10.2. The van der Waals surface area contributed by atoms with Gasteiger partial charge in [0.1, 0.15) is 6.33 Å². The van der Waals surface area contributed by atoms with Crippen LogP contribution in [0.3, 0.4) is 0 Å². The first-order valence-electron chi connectivity index (χ1n) is 5.93. The summed E-state index contributed by atoms with van der Waals surface area (Å²) in [5.74, 6) is 6.15. The van der Waals surface area contributed by atoms with Crippen LogP contribution in [0, 0.1) is 13.8 Å². The van der Waals surface area contributed by atoms with E-state index in [0.29, 0.717) is 5.82 Å². The molecule has 3 aromatic heterocycles. The summed E-state index contributed by atoms with van der Waals surface area (Å²) in [4.78, 5) is 12.7. The molecule has 19 heavy (non-hydrogen) atoms. The fraction of sp³-hybridized carbons (Fsp3) is 0.154. The van der Waals surface area contributed by atoms with Gasteiger partial charge in [0.15, 0.2) is 11.5 Å². The molecule has 3 rings (SSSR count). The lowest BCUT2D eigenvalue weighted by Gasteiger charge is -2.06. The van der Waals surface area contributed by atoms with Gasteiger partial charge in [-0.3, -0.25) is 9.55 Å². The second kappa shape index (κ2) is 4.33. The zero-order chi connectivity index (χ0) is 13.4. The summed E-state index contributed by atoms with van der Waals surface area (Å²) in [6.07, 6.45) is 5.06. The molecule has 0 spiro atoms. The van der Waals surface area contributed by atoms with Gasteiger partial charge in [0, 0.05) is 11.9 Å². The smallest absolute Gasteiger partial charge is 0.153 e. The number of rotatable bonds is 2. The van der Waals surface area contributed by atoms with Crippen LogP contribution >= 0.6 is 0 Å². The molecule has 0 unspecified atom stereocenters. The van der Waals surface area contributed by atoms with E-state index in [-0.39, 0.29) is 0 Å². The van der Waals surface area contributed by atoms with Crippen molar-refractivity contribution in [1.82, 2.24) is 19.5 Å². The highest BCUT2D eigenvalue weighted by Gasteiger charge is 2.16. The van der Waals surface area contributed by atoms with Crippen molar-refractivity contribution in [2.75, 3.05) is 5.43 Å². The first-order chi connectivity index (χ1) is 9.24. The minimum Gasteiger partial charge on any atom is -0.308 e. The molecule has 96 valence electrons. The SMILES string of the molecule is Cc1c(C)n(-c2cccnc2)c2ncnc(NN)c12. The minimum absolute atomic E-state index is 0.633. The van der Waals surface area contributed by atoms with Gasteiger partial charge >= 0.3 is 0 Å². The number of aromatic nitrogens is 4. The maximum atomic E-state index is 5.52. The molecule has 0 atom stereocenters. The molecule has 0 saturated carbocycles. The van der Waals surface area contributed by atoms with Gasteiger partial charge < -0.3 is 5.43 Å². The molecule has 0 bridgehead atoms. The molecular weight excluding hydrogens is 240 g/mol. The number of nitrogens with two attached hydrogens (primary N) is 1. The van der Waals surface area contributed by atoms with Crippen molar-refractivity contribution in [1.29, 1.82) is 0 Å². The molecule has 0 aliphatic rings. The largest absolute Gasteiger partial charge is 0.308 e. The normalized spacial score (nSPS) is 10.9. The second-order valence-corrected chi connectivity index (χ2v) is 4.32. The van der Waals surface area contributed by atoms with Crippen LogP contribution in [0.1, 0.15) is 11.3 Å². The molecule has 0 aliphatic carbocycles. The van der Waals surface area contributed by atoms with Crippen molar-refractivity contribution in [3.63, 3.8) is 0 Å². The van der Waals surface area contributed by atoms with Gasteiger partial charge in [-0.2, -0.15) is 0 Å². The molecule has 3 N–H and O–H groups in total. The van der Waals surface area contributed by atoms with E-state index in [4.69, 9.17) is 5.84 Å². The Morgan fingerprint density at radius 3 is 2.79 bits per heavy atom. The molecule has 3 aromatic rings. The zero-order valence-corrected chi connectivity index (χ0v) is 10.8. The Kier molecular flexibility index (Phi) is 2.64. The fourth-order valence-corrected chi connectivity index (χ4v) is 2.31. The number of pyridine rings is 1. The molecule has 0 radical (unpaired) electrons. The highest BCUT2D eigenvalue weighted by atomic mass is 15.3. The lowest BCUT2D eigenvalue weighted by Crippen LogP contribution is -2.09. The van der Waals surface area contributed by atoms with Crippen LogP contribution in [-0.2, 0) is 0 Å². The molecule has 0 aromatic carbocycles. The number of nitrogens with zero attached hydrogens (tertiary/aromatic N) is 4. The van der Waals surface area contributed by atoms with Gasteiger partial charge in [-0.05, 0) is 31.5 Å². The quantitative estimate of drug-likeness (QED) is 0.537. The van der Waals surface area contributed by atoms with E-state index in [1.165, 1.54) is 6.33 Å². The van der Waals surface area contributed by atoms with Crippen LogP contribution < -0.4 is 11.3 Å². The maximum Gasteiger partial charge on any atom is 0.153 e. The van der Waals surface area contributed by atoms with Crippen LogP contribution in [-0.4, -0.2) is 19.5 Å². The number of hydrazine groups is 1. The number of nitrogen functional groups attached to an aromatic ring is 1. The Labute approximate surface area is 110 Å². The van der Waals surface area contributed by atoms with E-state index in [2.05, 4.69) is 24.9 Å². The molecule has 0 aliphatic heterocycles. The summed E-state index contributed by atoms with van der Waals surface area (Å²) in [5.41, 5.74) is 6.62. The first-order valence-corrected chi connectivity index (χ1v) is 5.93. The second-order valence-electron chi connectivity index (χ2n) is 4.32. The van der Waals surface area contributed by atoms with E-state index >= 15 is 0 Å². The van der Waals surface area contributed by atoms with Gasteiger partial charge in [-0.15, -0.1) is 0 Å². The van der Waals surface area contributed by atoms with Crippen LogP contribution in [0.2, 0.25) is 0 Å². The summed E-state index contributed by atoms with van der Waals surface area (Å²) in [6, 6.07) is 3.90. The highest BCUT2D eigenvalue weighted by Crippen LogP contribution is 2.30. The van der Waals surface area contributed by atoms with Crippen LogP contribution in [0.5, 0.6) is 0 Å². The number of hydrogen-bond acceptors (Lipinski definition) is 5. The van der Waals surface area contributed by atoms with Crippen molar-refractivity contribution in [3.8, 4) is 5.69 Å². The summed E-state index contributed by atoms with van der Waals surface area (Å²) >= 11 is 0. The van der Waals surface area contributed by atoms with E-state index in [0.717, 1.165) is 28.0 Å². The standard InChI is InChI=1S/C13H14N6/c1-8-9(2)19(10-4-3-5-15-6-10)13-11(8)12(18-14)16-7-17-13/h3-7H,14H2,1-2H3,(H,16,17,18). The molecule has 3 heterocycles. The Balaban J connectivity index is 2.41. The summed E-state index contributed by atoms with van der Waals surface area (Å²) in [7, 11) is 0. The van der Waals surface area contributed by atoms with Crippen LogP contribution in [0.15, 0.2) is 30.9 Å². The lowest BCUT2D eigenvalue weighted by molar-refractivity contribution is 1.00. The topological polar surface area (TPSA) is 81.7 Å². The monoisotopic (exact) mass is 254 g/mol. The fourth-order valence-electron chi connectivity index (χ4n) is 2.31. The Bertz CT molecular complexity index is 732. The van der Waals surface area contributed by atoms with Crippen LogP contribution in [0.25, 0.3) is 16.7 Å². The predicted molar refractivity (Wildman–Crippen MR) is 73.9 cm³/mol. The summed E-state index contributed by atoms with van der Waals surface area (Å²) < 4.78 is 2.06. The number of nitrogens with one attached hydrogen (secondary N) is 1. The van der Waals surface area contributed by atoms with E-state index in [1.807, 2.05) is 32.2 Å². The van der Waals surface area contributed by atoms with Crippen molar-refractivity contribution >= 4 is 16.9 Å². The average Bonchev–Trinajstić information content (AvgIpc) is 2.72. The minimum atomic E-state index is 0.633. The van der Waals surface area contributed by atoms with Gasteiger partial charge in [0.2, 0.25) is 0 Å². The molecule has 6 nitrogen and oxygen atoms in total. The van der Waals surface area contributed by atoms with Crippen molar-refractivity contribution < 1.29 is 0 Å². The number of aryl methyl sites for hydroxylation is 1. The highest BCUT2D eigenvalue weighted by molar-refractivity contribution is 5.92. The molecule has 6 heteroatoms. The number of anilines is 1. The predicted octanol–water partition coefficient (Wildman–Crippen LogP) is 1.72. The molecule has 0 fully saturated rings. The molecule has 0 saturated heterocycles. The third-order valence-electron chi connectivity index (χ3n) is 3.33. The third kappa shape index (κ3) is 1.65. The van der Waals surface area contributed by atoms with Crippen molar-refractivity contribution in [3.05, 3.63) is 42.1 Å². The average molecular weight is 254 g/mol. The van der Waals surface area contributed by atoms with E-state index in [9.17, 15) is 0 Å². The van der Waals surface area contributed by atoms with E-state index in [1.54, 1.807) is 6.20 Å². The third-order valence-corrected chi connectivity index (χ3v) is 3.33. The van der Waals surface area contributed by atoms with Gasteiger partial charge in [0.25, 0.3) is 0 Å². The molecule has 0 amide bonds. The molecular formula is C13H14N6.